The number of para-hydroxylation sites is 4. The Kier molecular flexibility index (Phi) is 18.6. The molecule has 0 bridgehead atoms. The minimum absolute atomic E-state index is 0.145. The normalized spacial score (nSPS) is 12.2. The van der Waals surface area contributed by atoms with Gasteiger partial charge in [-0.2, -0.15) is 0 Å². The third-order valence-electron chi connectivity index (χ3n) is 24.1. The van der Waals surface area contributed by atoms with Gasteiger partial charge < -0.3 is 18.9 Å². The number of hydrogen-bond donors (Lipinski definition) is 0. The van der Waals surface area contributed by atoms with Crippen LogP contribution in [0.25, 0.3) is 153 Å². The van der Waals surface area contributed by atoms with Crippen LogP contribution in [0.15, 0.2) is 400 Å². The van der Waals surface area contributed by atoms with E-state index in [0.29, 0.717) is 5.69 Å². The monoisotopic (exact) mass is 1610 g/mol. The molecule has 18 aromatic carbocycles. The van der Waals surface area contributed by atoms with E-state index in [0.717, 1.165) is 101 Å². The van der Waals surface area contributed by atoms with E-state index >= 15 is 0 Å². The van der Waals surface area contributed by atoms with Crippen LogP contribution in [0.2, 0.25) is 0 Å². The molecule has 4 nitrogen and oxygen atoms in total. The maximum atomic E-state index is 14.9. The van der Waals surface area contributed by atoms with Crippen LogP contribution in [0.1, 0.15) is 25.0 Å². The number of rotatable bonds is 14. The number of hydrogen-bond acceptors (Lipinski definition) is 3. The van der Waals surface area contributed by atoms with Gasteiger partial charge in [-0.15, -0.1) is 11.3 Å². The van der Waals surface area contributed by atoms with Crippen molar-refractivity contribution in [3.8, 4) is 89.3 Å². The molecular weight excluding hydrogens is 1540 g/mol. The highest BCUT2D eigenvalue weighted by atomic mass is 32.1. The Morgan fingerprint density at radius 3 is 1.02 bits per heavy atom. The molecule has 1 aliphatic carbocycles. The van der Waals surface area contributed by atoms with Crippen LogP contribution >= 0.6 is 11.3 Å². The van der Waals surface area contributed by atoms with Crippen LogP contribution in [0.5, 0.6) is 0 Å². The van der Waals surface area contributed by atoms with Crippen molar-refractivity contribution in [1.82, 2.24) is 9.13 Å². The van der Waals surface area contributed by atoms with Crippen LogP contribution < -0.4 is 9.80 Å². The fraction of sp³-hybridized carbons (Fsp3) is 0.0270. The number of thiophene rings is 1. The lowest BCUT2D eigenvalue weighted by atomic mass is 9.81. The van der Waals surface area contributed by atoms with Crippen molar-refractivity contribution in [3.05, 3.63) is 446 Å². The molecule has 1 aliphatic rings. The molecule has 122 heavy (non-hydrogen) atoms. The minimum Gasteiger partial charge on any atom is -0.311 e. The lowest BCUT2D eigenvalue weighted by Crippen LogP contribution is -2.14. The molecule has 0 fully saturated rings. The summed E-state index contributed by atoms with van der Waals surface area (Å²) in [6.07, 6.45) is 0. The third kappa shape index (κ3) is 13.0. The summed E-state index contributed by atoms with van der Waals surface area (Å²) in [4.78, 5) is 4.29. The van der Waals surface area contributed by atoms with Gasteiger partial charge in [-0.05, 0) is 247 Å². The van der Waals surface area contributed by atoms with Crippen molar-refractivity contribution in [2.24, 2.45) is 0 Å². The average Bonchev–Trinajstić information content (AvgIpc) is 1.57. The summed E-state index contributed by atoms with van der Waals surface area (Å²) in [6.45, 7) is 4.52. The van der Waals surface area contributed by atoms with Crippen molar-refractivity contribution in [2.75, 3.05) is 9.80 Å². The third-order valence-corrected chi connectivity index (χ3v) is 25.2. The zero-order chi connectivity index (χ0) is 82.4. The van der Waals surface area contributed by atoms with Crippen molar-refractivity contribution in [3.63, 3.8) is 0 Å². The predicted octanol–water partition coefficient (Wildman–Crippen LogP) is 32.0. The summed E-state index contributed by atoms with van der Waals surface area (Å²) in [7, 11) is 0. The quantitative estimate of drug-likeness (QED) is 0.0613. The zero-order valence-corrected chi connectivity index (χ0v) is 66.9. The molecule has 0 radical (unpaired) electrons. The minimum atomic E-state index is -2.19. The van der Waals surface area contributed by atoms with E-state index in [4.69, 9.17) is 0 Å². The van der Waals surface area contributed by atoms with Crippen molar-refractivity contribution in [2.45, 2.75) is 19.3 Å². The highest BCUT2D eigenvalue weighted by Gasteiger charge is 2.36. The zero-order valence-electron chi connectivity index (χ0n) is 66.1. The first kappa shape index (κ1) is 74.5. The first-order valence-corrected chi connectivity index (χ1v) is 41.4. The highest BCUT2D eigenvalue weighted by Crippen LogP contribution is 2.51. The maximum absolute atomic E-state index is 14.9. The number of halogens is 6. The Bertz CT molecular complexity index is 7580. The van der Waals surface area contributed by atoms with Crippen LogP contribution in [0.3, 0.4) is 0 Å². The number of benzene rings is 18. The molecule has 0 spiro atoms. The van der Waals surface area contributed by atoms with E-state index in [-0.39, 0.29) is 16.8 Å². The van der Waals surface area contributed by atoms with E-state index < -0.39 is 34.6 Å². The Morgan fingerprint density at radius 2 is 0.549 bits per heavy atom. The molecule has 0 unspecified atom stereocenters. The summed E-state index contributed by atoms with van der Waals surface area (Å²) < 4.78 is 93.3. The number of nitrogens with zero attached hydrogens (tertiary/aromatic N) is 4. The van der Waals surface area contributed by atoms with Gasteiger partial charge in [0, 0.05) is 92.6 Å². The van der Waals surface area contributed by atoms with E-state index in [1.165, 1.54) is 105 Å². The van der Waals surface area contributed by atoms with Gasteiger partial charge in [0.1, 0.15) is 5.82 Å². The number of aromatic nitrogens is 2. The molecular formula is C111H72F6N4S. The predicted molar refractivity (Wildman–Crippen MR) is 494 cm³/mol. The molecule has 11 heteroatoms. The molecule has 0 saturated carbocycles. The van der Waals surface area contributed by atoms with Crippen molar-refractivity contribution in [1.29, 1.82) is 0 Å². The fourth-order valence-electron chi connectivity index (χ4n) is 18.0. The molecule has 0 amide bonds. The largest absolute Gasteiger partial charge is 0.311 e. The van der Waals surface area contributed by atoms with E-state index in [2.05, 4.69) is 337 Å². The van der Waals surface area contributed by atoms with Gasteiger partial charge in [-0.25, -0.2) is 26.3 Å². The second-order valence-corrected chi connectivity index (χ2v) is 32.6. The fourth-order valence-corrected chi connectivity index (χ4v) is 19.1. The van der Waals surface area contributed by atoms with Crippen LogP contribution in [0, 0.1) is 34.9 Å². The Labute approximate surface area is 704 Å². The maximum Gasteiger partial charge on any atom is 0.200 e. The topological polar surface area (TPSA) is 16.3 Å². The molecule has 0 N–H and O–H groups in total. The van der Waals surface area contributed by atoms with E-state index in [9.17, 15) is 26.3 Å². The summed E-state index contributed by atoms with van der Waals surface area (Å²) in [5, 5.41) is 7.37. The van der Waals surface area contributed by atoms with Gasteiger partial charge in [0.25, 0.3) is 0 Å². The van der Waals surface area contributed by atoms with E-state index in [1.807, 2.05) is 70.8 Å². The highest BCUT2D eigenvalue weighted by molar-refractivity contribution is 7.25. The average molecular weight is 1610 g/mol. The SMILES string of the molecule is CC1(C)c2ccccc2-c2ccc(-c3ccc(N(c4ccc(-c5ccc6c(c5)c5ccccc5n6-c5ccccc5)cc4)c4ccc(-c5c(F)c(F)c(F)c(F)c5F)cc4)cc3)cc21.Fc1ccc(-c2ccc(N(c3ccc(-c4ccc5c(c4)sc4ccccc45)cc3)c3ccc(-c4ccc5c(c4)c4ccccc4n5-c4ccccc4)cc3)cc2)cc1. The van der Waals surface area contributed by atoms with Gasteiger partial charge >= 0.3 is 0 Å². The molecule has 3 heterocycles. The van der Waals surface area contributed by atoms with Crippen LogP contribution in [-0.4, -0.2) is 9.13 Å². The molecule has 22 rings (SSSR count). The summed E-state index contributed by atoms with van der Waals surface area (Å²) >= 11 is 1.85. The van der Waals surface area contributed by atoms with E-state index in [1.54, 1.807) is 12.1 Å². The number of fused-ring (bicyclic) bond motifs is 12. The lowest BCUT2D eigenvalue weighted by Gasteiger charge is -2.26. The molecule has 0 atom stereocenters. The first-order chi connectivity index (χ1) is 59.7. The second kappa shape index (κ2) is 30.4. The standard InChI is InChI=1S/C57H37F5N2.C54H35FN2S/c1-57(2)47-14-8-6-12-43(47)44-30-22-38(33-48(44)57)35-18-26-41(27-19-35)63(42-28-20-36(21-29-42)51-52(58)54(60)56(62)55(61)53(51)59)40-24-16-34(17-25-40)37-23-31-50-46(32-37)45-13-7-9-15-49(45)64(50)39-10-4-3-5-11-39;55-42-24-14-36(15-25-42)37-16-26-44(27-17-37)56(46-30-20-39(21-31-46)41-22-32-49-48-11-5-7-13-53(48)58-54(49)35-41)45-28-18-38(19-29-45)40-23-33-52-50(34-40)47-10-4-6-12-51(47)57(52)43-8-2-1-3-9-43/h3-33H,1-2H3;1-35H. The van der Waals surface area contributed by atoms with Crippen molar-refractivity contribution < 1.29 is 26.3 Å². The van der Waals surface area contributed by atoms with Gasteiger partial charge in [0.05, 0.1) is 27.6 Å². The molecule has 584 valence electrons. The molecule has 3 aromatic heterocycles. The van der Waals surface area contributed by atoms with Gasteiger partial charge in [0.15, 0.2) is 23.3 Å². The lowest BCUT2D eigenvalue weighted by molar-refractivity contribution is 0.381. The Balaban J connectivity index is 0.000000151. The second-order valence-electron chi connectivity index (χ2n) is 31.5. The first-order valence-electron chi connectivity index (χ1n) is 40.6. The molecule has 0 saturated heterocycles. The summed E-state index contributed by atoms with van der Waals surface area (Å²) in [5.41, 5.74) is 26.9. The Hall–Kier alpha value is -15.0. The van der Waals surface area contributed by atoms with Crippen LogP contribution in [0.4, 0.5) is 60.5 Å². The molecule has 0 aliphatic heterocycles. The molecule has 21 aromatic rings. The number of anilines is 6. The Morgan fingerprint density at radius 1 is 0.230 bits per heavy atom. The smallest absolute Gasteiger partial charge is 0.200 e. The van der Waals surface area contributed by atoms with Crippen LogP contribution in [-0.2, 0) is 5.41 Å². The van der Waals surface area contributed by atoms with Gasteiger partial charge in [0.2, 0.25) is 5.82 Å². The summed E-state index contributed by atoms with van der Waals surface area (Å²) in [6, 6.07) is 137. The van der Waals surface area contributed by atoms with Crippen molar-refractivity contribution >= 4 is 109 Å². The van der Waals surface area contributed by atoms with Gasteiger partial charge in [-0.3, -0.25) is 0 Å². The van der Waals surface area contributed by atoms with Gasteiger partial charge in [-0.1, -0.05) is 250 Å². The summed E-state index contributed by atoms with van der Waals surface area (Å²) in [5.74, 6) is -10.2.